The van der Waals surface area contributed by atoms with Crippen LogP contribution in [0.5, 0.6) is 11.6 Å². The SMILES string of the molecule is C=C[C@@H]1C[C@]1(NC(=O)[C@@H]1C[C@@H](Oc2nccc3cc(OC)ccc23)CN1C(=O)C(NC(=O)N[C@H](C(=O)OC)[C@@H](C)CC)C(C)(C)C)C(=O)NS(=O)(=O)C1CC1. The van der Waals surface area contributed by atoms with Gasteiger partial charge in [0.25, 0.3) is 5.91 Å². The molecule has 1 unspecified atom stereocenters. The Morgan fingerprint density at radius 2 is 1.82 bits per heavy atom. The van der Waals surface area contributed by atoms with Crippen molar-refractivity contribution in [1.29, 1.82) is 0 Å². The molecule has 4 N–H and O–H groups in total. The molecule has 5 rings (SSSR count). The molecule has 1 aromatic heterocycles. The molecular weight excluding hydrogens is 733 g/mol. The van der Waals surface area contributed by atoms with Gasteiger partial charge in [-0.05, 0) is 60.2 Å². The van der Waals surface area contributed by atoms with Crippen molar-refractivity contribution in [2.24, 2.45) is 17.3 Å². The number of sulfonamides is 1. The van der Waals surface area contributed by atoms with Gasteiger partial charge in [0.15, 0.2) is 0 Å². The Kier molecular flexibility index (Phi) is 12.0. The molecule has 16 nitrogen and oxygen atoms in total. The fraction of sp³-hybridized carbons (Fsp3) is 0.579. The molecule has 5 amide bonds. The van der Waals surface area contributed by atoms with E-state index in [0.29, 0.717) is 30.4 Å². The summed E-state index contributed by atoms with van der Waals surface area (Å²) in [5.41, 5.74) is -2.49. The van der Waals surface area contributed by atoms with Crippen LogP contribution in [0.15, 0.2) is 43.1 Å². The third-order valence-corrected chi connectivity index (χ3v) is 12.5. The molecule has 3 fully saturated rings. The number of carbonyl (C=O) groups is 5. The fourth-order valence-electron chi connectivity index (χ4n) is 6.83. The first-order valence-electron chi connectivity index (χ1n) is 18.4. The molecule has 1 aromatic carbocycles. The zero-order valence-corrected chi connectivity index (χ0v) is 33.2. The Labute approximate surface area is 321 Å². The number of amides is 5. The van der Waals surface area contributed by atoms with E-state index in [0.717, 1.165) is 5.39 Å². The lowest BCUT2D eigenvalue weighted by Gasteiger charge is -2.36. The number of ether oxygens (including phenoxy) is 3. The number of likely N-dealkylation sites (tertiary alicyclic amines) is 1. The number of urea groups is 1. The lowest BCUT2D eigenvalue weighted by atomic mass is 9.85. The van der Waals surface area contributed by atoms with Crippen LogP contribution < -0.4 is 30.1 Å². The van der Waals surface area contributed by atoms with E-state index in [2.05, 4.69) is 32.2 Å². The van der Waals surface area contributed by atoms with Gasteiger partial charge in [-0.1, -0.05) is 47.1 Å². The summed E-state index contributed by atoms with van der Waals surface area (Å²) in [7, 11) is -1.15. The van der Waals surface area contributed by atoms with Crippen LogP contribution in [0.1, 0.15) is 66.7 Å². The standard InChI is InChI=1S/C38H52N6O10S/c1-9-21(3)29(34(47)53-8)40-36(49)41-30(37(4,5)6)33(46)44-20-25(54-32-27-14-11-24(52-7)17-22(27)15-16-39-32)18-28(44)31(45)42-38(19-23(38)10-2)35(48)43-55(50,51)26-12-13-26/h10-11,14-17,21,23,25-26,28-30H,2,9,12-13,18-20H2,1,3-8H3,(H,42,45)(H,43,48)(H2,40,41,49)/t21-,23+,25+,28-,29-,30?,38+/m0/s1. The number of pyridine rings is 1. The molecule has 1 aliphatic heterocycles. The van der Waals surface area contributed by atoms with Gasteiger partial charge in [0.2, 0.25) is 27.7 Å². The summed E-state index contributed by atoms with van der Waals surface area (Å²) in [4.78, 5) is 74.2. The summed E-state index contributed by atoms with van der Waals surface area (Å²) in [5, 5.41) is 8.93. The highest BCUT2D eigenvalue weighted by molar-refractivity contribution is 7.91. The number of esters is 1. The molecule has 7 atom stereocenters. The zero-order chi connectivity index (χ0) is 40.5. The maximum absolute atomic E-state index is 14.6. The largest absolute Gasteiger partial charge is 0.497 e. The Hall–Kier alpha value is -4.93. The molecule has 0 radical (unpaired) electrons. The number of carbonyl (C=O) groups excluding carboxylic acids is 5. The van der Waals surface area contributed by atoms with Crippen LogP contribution in [0, 0.1) is 17.3 Å². The summed E-state index contributed by atoms with van der Waals surface area (Å²) >= 11 is 0. The van der Waals surface area contributed by atoms with Crippen LogP contribution in [0.4, 0.5) is 4.79 Å². The van der Waals surface area contributed by atoms with Crippen LogP contribution >= 0.6 is 0 Å². The van der Waals surface area contributed by atoms with Crippen molar-refractivity contribution >= 4 is 50.5 Å². The van der Waals surface area contributed by atoms with E-state index in [1.54, 1.807) is 59.2 Å². The van der Waals surface area contributed by atoms with Crippen molar-refractivity contribution in [3.8, 4) is 11.6 Å². The maximum Gasteiger partial charge on any atom is 0.328 e. The minimum absolute atomic E-state index is 0.0237. The predicted octanol–water partition coefficient (Wildman–Crippen LogP) is 2.56. The van der Waals surface area contributed by atoms with Gasteiger partial charge >= 0.3 is 12.0 Å². The second-order valence-electron chi connectivity index (χ2n) is 15.7. The molecule has 1 saturated heterocycles. The Bertz CT molecular complexity index is 1950. The zero-order valence-electron chi connectivity index (χ0n) is 32.3. The average molecular weight is 785 g/mol. The number of fused-ring (bicyclic) bond motifs is 1. The van der Waals surface area contributed by atoms with Gasteiger partial charge in [0.05, 0.1) is 26.0 Å². The first kappa shape index (κ1) is 41.2. The van der Waals surface area contributed by atoms with E-state index in [1.165, 1.54) is 18.1 Å². The molecule has 2 saturated carbocycles. The van der Waals surface area contributed by atoms with Crippen LogP contribution in [-0.4, -0.2) is 104 Å². The molecule has 2 aliphatic carbocycles. The van der Waals surface area contributed by atoms with E-state index in [9.17, 15) is 32.4 Å². The highest BCUT2D eigenvalue weighted by atomic mass is 32.2. The van der Waals surface area contributed by atoms with Crippen LogP contribution in [0.2, 0.25) is 0 Å². The minimum Gasteiger partial charge on any atom is -0.497 e. The summed E-state index contributed by atoms with van der Waals surface area (Å²) in [6.45, 7) is 12.5. The van der Waals surface area contributed by atoms with Crippen LogP contribution in [-0.2, 0) is 33.9 Å². The monoisotopic (exact) mass is 784 g/mol. The van der Waals surface area contributed by atoms with E-state index >= 15 is 0 Å². The lowest BCUT2D eigenvalue weighted by Crippen LogP contribution is -2.62. The molecule has 300 valence electrons. The summed E-state index contributed by atoms with van der Waals surface area (Å²) < 4.78 is 44.2. The number of benzene rings is 1. The molecular formula is C38H52N6O10S. The highest BCUT2D eigenvalue weighted by Gasteiger charge is 2.62. The fourth-order valence-corrected chi connectivity index (χ4v) is 8.19. The van der Waals surface area contributed by atoms with Gasteiger partial charge in [0, 0.05) is 23.9 Å². The number of aromatic nitrogens is 1. The number of hydrogen-bond donors (Lipinski definition) is 4. The number of nitrogens with one attached hydrogen (secondary N) is 4. The van der Waals surface area contributed by atoms with Gasteiger partial charge < -0.3 is 35.1 Å². The normalized spacial score (nSPS) is 23.8. The lowest BCUT2D eigenvalue weighted by molar-refractivity contribution is -0.144. The van der Waals surface area contributed by atoms with Crippen LogP contribution in [0.25, 0.3) is 10.8 Å². The van der Waals surface area contributed by atoms with Gasteiger partial charge in [-0.15, -0.1) is 6.58 Å². The summed E-state index contributed by atoms with van der Waals surface area (Å²) in [6, 6.07) is 2.98. The average Bonchev–Trinajstić information content (AvgIpc) is 4.08. The van der Waals surface area contributed by atoms with Crippen molar-refractivity contribution < 1.29 is 46.6 Å². The molecule has 17 heteroatoms. The minimum atomic E-state index is -3.93. The Morgan fingerprint density at radius 3 is 2.40 bits per heavy atom. The number of nitrogens with zero attached hydrogens (tertiary/aromatic N) is 2. The van der Waals surface area contributed by atoms with Gasteiger partial charge in [-0.3, -0.25) is 19.1 Å². The van der Waals surface area contributed by atoms with Crippen LogP contribution in [0.3, 0.4) is 0 Å². The molecule has 2 heterocycles. The molecule has 3 aliphatic rings. The molecule has 55 heavy (non-hydrogen) atoms. The van der Waals surface area contributed by atoms with Gasteiger partial charge in [0.1, 0.15) is 35.5 Å². The second kappa shape index (κ2) is 16.0. The van der Waals surface area contributed by atoms with Crippen molar-refractivity contribution in [2.75, 3.05) is 20.8 Å². The number of methoxy groups -OCH3 is 2. The van der Waals surface area contributed by atoms with E-state index in [-0.39, 0.29) is 31.2 Å². The topological polar surface area (TPSA) is 211 Å². The third-order valence-electron chi connectivity index (χ3n) is 10.7. The smallest absolute Gasteiger partial charge is 0.328 e. The highest BCUT2D eigenvalue weighted by Crippen LogP contribution is 2.45. The van der Waals surface area contributed by atoms with Crippen molar-refractivity contribution in [1.82, 2.24) is 30.6 Å². The van der Waals surface area contributed by atoms with Gasteiger partial charge in [-0.25, -0.2) is 23.0 Å². The number of rotatable bonds is 15. The molecule has 0 spiro atoms. The third kappa shape index (κ3) is 8.97. The molecule has 2 aromatic rings. The van der Waals surface area contributed by atoms with E-state index in [1.807, 2.05) is 13.0 Å². The van der Waals surface area contributed by atoms with E-state index in [4.69, 9.17) is 14.2 Å². The second-order valence-corrected chi connectivity index (χ2v) is 17.6. The van der Waals surface area contributed by atoms with Crippen molar-refractivity contribution in [3.05, 3.63) is 43.1 Å². The van der Waals surface area contributed by atoms with E-state index < -0.39 is 86.1 Å². The first-order chi connectivity index (χ1) is 25.9. The molecule has 0 bridgehead atoms. The Balaban J connectivity index is 1.44. The first-order valence-corrected chi connectivity index (χ1v) is 20.0. The Morgan fingerprint density at radius 1 is 1.11 bits per heavy atom. The summed E-state index contributed by atoms with van der Waals surface area (Å²) in [5.74, 6) is -2.78. The van der Waals surface area contributed by atoms with Gasteiger partial charge in [-0.2, -0.15) is 0 Å². The number of hydrogen-bond acceptors (Lipinski definition) is 11. The quantitative estimate of drug-likeness (QED) is 0.152. The predicted molar refractivity (Wildman–Crippen MR) is 202 cm³/mol. The summed E-state index contributed by atoms with van der Waals surface area (Å²) in [6.07, 6.45) is 3.81. The van der Waals surface area contributed by atoms with Crippen molar-refractivity contribution in [3.63, 3.8) is 0 Å². The maximum atomic E-state index is 14.6. The van der Waals surface area contributed by atoms with Crippen molar-refractivity contribution in [2.45, 2.75) is 102 Å².